The molecule has 1 aromatic heterocycles. The Labute approximate surface area is 117 Å². The van der Waals surface area contributed by atoms with E-state index in [1.165, 1.54) is 24.7 Å². The molecule has 1 aromatic carbocycles. The Morgan fingerprint density at radius 1 is 1.29 bits per heavy atom. The van der Waals surface area contributed by atoms with E-state index in [-0.39, 0.29) is 17.0 Å². The van der Waals surface area contributed by atoms with Crippen molar-refractivity contribution in [1.29, 1.82) is 0 Å². The highest BCUT2D eigenvalue weighted by molar-refractivity contribution is 5.72. The van der Waals surface area contributed by atoms with Gasteiger partial charge in [-0.1, -0.05) is 0 Å². The maximum atomic E-state index is 12.3. The highest BCUT2D eigenvalue weighted by atomic mass is 19.3. The third-order valence-corrected chi connectivity index (χ3v) is 2.46. The van der Waals surface area contributed by atoms with Crippen LogP contribution in [-0.2, 0) is 0 Å². The Kier molecular flexibility index (Phi) is 4.50. The number of benzene rings is 1. The molecule has 2 rings (SSSR count). The maximum absolute atomic E-state index is 12.3. The Morgan fingerprint density at radius 2 is 2.10 bits per heavy atom. The number of hydrogen-bond acceptors (Lipinski definition) is 5. The number of aromatic nitrogens is 2. The minimum absolute atomic E-state index is 0.152. The van der Waals surface area contributed by atoms with Crippen molar-refractivity contribution in [2.24, 2.45) is 0 Å². The van der Waals surface area contributed by atoms with Crippen molar-refractivity contribution in [1.82, 2.24) is 9.97 Å². The number of non-ortho nitro benzene ring substituents is 1. The van der Waals surface area contributed by atoms with Gasteiger partial charge in [-0.05, 0) is 24.3 Å². The van der Waals surface area contributed by atoms with Crippen LogP contribution < -0.4 is 4.74 Å². The Balaban J connectivity index is 2.36. The van der Waals surface area contributed by atoms with E-state index in [0.717, 1.165) is 18.2 Å². The molecule has 1 heterocycles. The van der Waals surface area contributed by atoms with Crippen LogP contribution in [0.4, 0.5) is 14.5 Å². The summed E-state index contributed by atoms with van der Waals surface area (Å²) in [6.07, 6.45) is 5.76. The van der Waals surface area contributed by atoms with Gasteiger partial charge in [-0.2, -0.15) is 8.78 Å². The van der Waals surface area contributed by atoms with Gasteiger partial charge in [0.2, 0.25) is 0 Å². The van der Waals surface area contributed by atoms with Gasteiger partial charge in [0.1, 0.15) is 12.1 Å². The van der Waals surface area contributed by atoms with Gasteiger partial charge in [-0.25, -0.2) is 9.97 Å². The van der Waals surface area contributed by atoms with Crippen LogP contribution in [0.15, 0.2) is 36.8 Å². The molecule has 0 radical (unpaired) electrons. The standard InChI is InChI=1S/C13H9F2N3O3/c14-13(15)21-12-4-3-11(18(19)20)7-9(12)1-2-10-5-6-16-8-17-10/h1-8,13H/b2-1+. The summed E-state index contributed by atoms with van der Waals surface area (Å²) in [7, 11) is 0. The second-order valence-electron chi connectivity index (χ2n) is 3.83. The average Bonchev–Trinajstić information content (AvgIpc) is 2.46. The zero-order valence-corrected chi connectivity index (χ0v) is 10.5. The molecule has 0 fully saturated rings. The van der Waals surface area contributed by atoms with Crippen molar-refractivity contribution in [3.8, 4) is 5.75 Å². The largest absolute Gasteiger partial charge is 0.434 e. The van der Waals surface area contributed by atoms with Crippen molar-refractivity contribution in [3.63, 3.8) is 0 Å². The second kappa shape index (κ2) is 6.51. The van der Waals surface area contributed by atoms with Crippen molar-refractivity contribution in [2.45, 2.75) is 6.61 Å². The number of rotatable bonds is 5. The third kappa shape index (κ3) is 4.03. The summed E-state index contributed by atoms with van der Waals surface area (Å²) in [6, 6.07) is 4.97. The molecule has 0 saturated heterocycles. The van der Waals surface area contributed by atoms with Gasteiger partial charge in [0.25, 0.3) is 5.69 Å². The zero-order valence-electron chi connectivity index (χ0n) is 10.5. The molecule has 108 valence electrons. The first kappa shape index (κ1) is 14.5. The average molecular weight is 293 g/mol. The number of nitrogens with zero attached hydrogens (tertiary/aromatic N) is 3. The molecule has 0 aliphatic rings. The van der Waals surface area contributed by atoms with Crippen LogP contribution in [0.25, 0.3) is 12.2 Å². The molecule has 0 N–H and O–H groups in total. The molecule has 0 unspecified atom stereocenters. The Bertz CT molecular complexity index is 663. The summed E-state index contributed by atoms with van der Waals surface area (Å²) in [5, 5.41) is 10.7. The van der Waals surface area contributed by atoms with E-state index in [1.54, 1.807) is 6.07 Å². The SMILES string of the molecule is O=[N+]([O-])c1ccc(OC(F)F)c(/C=C/c2ccncn2)c1. The summed E-state index contributed by atoms with van der Waals surface area (Å²) in [5.74, 6) is -0.152. The third-order valence-electron chi connectivity index (χ3n) is 2.46. The smallest absolute Gasteiger partial charge is 0.387 e. The van der Waals surface area contributed by atoms with Gasteiger partial charge < -0.3 is 4.74 Å². The van der Waals surface area contributed by atoms with Crippen LogP contribution in [0.2, 0.25) is 0 Å². The van der Waals surface area contributed by atoms with Crippen molar-refractivity contribution in [2.75, 3.05) is 0 Å². The van der Waals surface area contributed by atoms with Crippen molar-refractivity contribution >= 4 is 17.8 Å². The van der Waals surface area contributed by atoms with Gasteiger partial charge in [0.15, 0.2) is 0 Å². The van der Waals surface area contributed by atoms with Gasteiger partial charge >= 0.3 is 6.61 Å². The number of halogens is 2. The number of hydrogen-bond donors (Lipinski definition) is 0. The molecular formula is C13H9F2N3O3. The number of nitro benzene ring substituents is 1. The molecule has 0 aliphatic heterocycles. The molecule has 2 aromatic rings. The van der Waals surface area contributed by atoms with Crippen LogP contribution in [0.3, 0.4) is 0 Å². The number of ether oxygens (including phenoxy) is 1. The van der Waals surface area contributed by atoms with Crippen LogP contribution >= 0.6 is 0 Å². The Hall–Kier alpha value is -2.90. The molecule has 6 nitrogen and oxygen atoms in total. The monoisotopic (exact) mass is 293 g/mol. The van der Waals surface area contributed by atoms with E-state index in [2.05, 4.69) is 14.7 Å². The van der Waals surface area contributed by atoms with E-state index in [0.29, 0.717) is 5.69 Å². The van der Waals surface area contributed by atoms with Crippen molar-refractivity contribution < 1.29 is 18.4 Å². The van der Waals surface area contributed by atoms with Gasteiger partial charge in [-0.15, -0.1) is 0 Å². The minimum atomic E-state index is -3.02. The lowest BCUT2D eigenvalue weighted by Gasteiger charge is -2.07. The Morgan fingerprint density at radius 3 is 2.71 bits per heavy atom. The molecule has 0 bridgehead atoms. The molecular weight excluding hydrogens is 284 g/mol. The number of nitro groups is 1. The minimum Gasteiger partial charge on any atom is -0.434 e. The van der Waals surface area contributed by atoms with Gasteiger partial charge in [0.05, 0.1) is 10.6 Å². The normalized spacial score (nSPS) is 11.0. The van der Waals surface area contributed by atoms with E-state index < -0.39 is 11.5 Å². The maximum Gasteiger partial charge on any atom is 0.387 e. The molecule has 0 aliphatic carbocycles. The molecule has 0 amide bonds. The lowest BCUT2D eigenvalue weighted by Crippen LogP contribution is -2.03. The highest BCUT2D eigenvalue weighted by Gasteiger charge is 2.13. The summed E-state index contributed by atoms with van der Waals surface area (Å²) in [4.78, 5) is 17.8. The summed E-state index contributed by atoms with van der Waals surface area (Å²) >= 11 is 0. The zero-order chi connectivity index (χ0) is 15.2. The fraction of sp³-hybridized carbons (Fsp3) is 0.0769. The van der Waals surface area contributed by atoms with Gasteiger partial charge in [0, 0.05) is 23.9 Å². The lowest BCUT2D eigenvalue weighted by molar-refractivity contribution is -0.384. The van der Waals surface area contributed by atoms with Gasteiger partial charge in [-0.3, -0.25) is 10.1 Å². The molecule has 0 spiro atoms. The quantitative estimate of drug-likeness (QED) is 0.625. The molecule has 21 heavy (non-hydrogen) atoms. The first-order chi connectivity index (χ1) is 10.1. The van der Waals surface area contributed by atoms with Crippen LogP contribution in [0.1, 0.15) is 11.3 Å². The van der Waals surface area contributed by atoms with Crippen LogP contribution in [0.5, 0.6) is 5.75 Å². The summed E-state index contributed by atoms with van der Waals surface area (Å²) < 4.78 is 29.0. The van der Waals surface area contributed by atoms with Crippen molar-refractivity contribution in [3.05, 3.63) is 58.2 Å². The number of alkyl halides is 2. The summed E-state index contributed by atoms with van der Waals surface area (Å²) in [6.45, 7) is -3.02. The molecule has 0 atom stereocenters. The van der Waals surface area contributed by atoms with E-state index >= 15 is 0 Å². The van der Waals surface area contributed by atoms with E-state index in [1.807, 2.05) is 0 Å². The topological polar surface area (TPSA) is 78.2 Å². The highest BCUT2D eigenvalue weighted by Crippen LogP contribution is 2.27. The molecule has 8 heteroatoms. The first-order valence-electron chi connectivity index (χ1n) is 5.73. The fourth-order valence-electron chi connectivity index (χ4n) is 1.56. The summed E-state index contributed by atoms with van der Waals surface area (Å²) in [5.41, 5.74) is 0.460. The molecule has 0 saturated carbocycles. The van der Waals surface area contributed by atoms with Crippen LogP contribution in [0, 0.1) is 10.1 Å². The van der Waals surface area contributed by atoms with E-state index in [9.17, 15) is 18.9 Å². The lowest BCUT2D eigenvalue weighted by atomic mass is 10.1. The van der Waals surface area contributed by atoms with E-state index in [4.69, 9.17) is 0 Å². The predicted octanol–water partition coefficient (Wildman–Crippen LogP) is 3.16. The second-order valence-corrected chi connectivity index (χ2v) is 3.83. The fourth-order valence-corrected chi connectivity index (χ4v) is 1.56. The van der Waals surface area contributed by atoms with Crippen LogP contribution in [-0.4, -0.2) is 21.5 Å². The predicted molar refractivity (Wildman–Crippen MR) is 70.7 cm³/mol. The first-order valence-corrected chi connectivity index (χ1v) is 5.73.